The molecule has 0 amide bonds. The van der Waals surface area contributed by atoms with Crippen LogP contribution in [0.5, 0.6) is 0 Å². The Morgan fingerprint density at radius 3 is 1.00 bits per heavy atom. The molecule has 0 fully saturated rings. The largest absolute Gasteiger partial charge is 0 e. The Labute approximate surface area is 117 Å². The van der Waals surface area contributed by atoms with Crippen molar-refractivity contribution in [3.8, 4) is 0 Å². The van der Waals surface area contributed by atoms with Gasteiger partial charge >= 0.3 is 0 Å². The SMILES string of the molecule is [Co].[La].[Mg].[Sr]. The molecule has 4 heavy (non-hydrogen) atoms. The summed E-state index contributed by atoms with van der Waals surface area (Å²) in [6.07, 6.45) is 0. The summed E-state index contributed by atoms with van der Waals surface area (Å²) in [5, 5.41) is 0. The molecule has 0 aliphatic rings. The third-order valence-electron chi connectivity index (χ3n) is 0. The number of hydrogen-bond donors (Lipinski definition) is 0. The average molecular weight is 310 g/mol. The van der Waals surface area contributed by atoms with Crippen LogP contribution in [-0.2, 0) is 16.8 Å². The molecule has 0 rings (SSSR count). The van der Waals surface area contributed by atoms with Crippen molar-refractivity contribution in [3.05, 3.63) is 0 Å². The van der Waals surface area contributed by atoms with Crippen LogP contribution in [0.4, 0.5) is 0 Å². The van der Waals surface area contributed by atoms with E-state index < -0.39 is 0 Å². The van der Waals surface area contributed by atoms with E-state index in [0.717, 1.165) is 0 Å². The zero-order valence-corrected chi connectivity index (χ0v) is 11.9. The van der Waals surface area contributed by atoms with Crippen molar-refractivity contribution in [3.63, 3.8) is 0 Å². The van der Waals surface area contributed by atoms with Gasteiger partial charge in [-0.25, -0.2) is 0 Å². The predicted octanol–water partition coefficient (Wildman–Crippen LogP) is -0.764. The Balaban J connectivity index is 0. The van der Waals surface area contributed by atoms with Gasteiger partial charge in [0, 0.05) is 121 Å². The molecule has 6 radical (unpaired) electrons. The molecule has 0 heterocycles. The molecule has 16 valence electrons. The van der Waals surface area contributed by atoms with Gasteiger partial charge in [0.05, 0.1) is 0 Å². The van der Waals surface area contributed by atoms with Gasteiger partial charge < -0.3 is 0 Å². The van der Waals surface area contributed by atoms with Gasteiger partial charge in [0.25, 0.3) is 0 Å². The average Bonchev–Trinajstić information content (AvgIpc) is 0. The third-order valence-corrected chi connectivity index (χ3v) is 0. The van der Waals surface area contributed by atoms with Crippen molar-refractivity contribution >= 4 is 68.5 Å². The van der Waals surface area contributed by atoms with E-state index in [0.29, 0.717) is 0 Å². The summed E-state index contributed by atoms with van der Waals surface area (Å²) in [5.74, 6) is 0. The summed E-state index contributed by atoms with van der Waals surface area (Å²) in [6, 6.07) is 0. The fourth-order valence-corrected chi connectivity index (χ4v) is 0. The summed E-state index contributed by atoms with van der Waals surface area (Å²) in [7, 11) is 0. The molecule has 4 heteroatoms. The van der Waals surface area contributed by atoms with E-state index in [9.17, 15) is 0 Å². The molecule has 0 unspecified atom stereocenters. The van der Waals surface area contributed by atoms with Gasteiger partial charge in [0.15, 0.2) is 0 Å². The van der Waals surface area contributed by atoms with Crippen molar-refractivity contribution in [2.24, 2.45) is 0 Å². The minimum absolute atomic E-state index is 0. The van der Waals surface area contributed by atoms with Crippen LogP contribution in [-0.4, -0.2) is 68.5 Å². The fraction of sp³-hybridized carbons (Fsp3) is 0. The van der Waals surface area contributed by atoms with E-state index >= 15 is 0 Å². The van der Waals surface area contributed by atoms with Gasteiger partial charge in [0.2, 0.25) is 0 Å². The van der Waals surface area contributed by atoms with E-state index in [2.05, 4.69) is 0 Å². The summed E-state index contributed by atoms with van der Waals surface area (Å²) in [4.78, 5) is 0. The Hall–Kier alpha value is 3.95. The van der Waals surface area contributed by atoms with Crippen LogP contribution in [0.1, 0.15) is 0 Å². The molecule has 0 saturated carbocycles. The quantitative estimate of drug-likeness (QED) is 0.516. The molecule has 0 spiro atoms. The maximum Gasteiger partial charge on any atom is 0 e. The normalized spacial score (nSPS) is 0. The summed E-state index contributed by atoms with van der Waals surface area (Å²) in [5.41, 5.74) is 0. The number of hydrogen-bond acceptors (Lipinski definition) is 0. The Morgan fingerprint density at radius 1 is 1.00 bits per heavy atom. The maximum absolute atomic E-state index is 0. The first-order valence-electron chi connectivity index (χ1n) is 0. The summed E-state index contributed by atoms with van der Waals surface area (Å²) < 4.78 is 0. The molecule has 0 atom stereocenters. The van der Waals surface area contributed by atoms with Crippen molar-refractivity contribution < 1.29 is 52.4 Å². The first kappa shape index (κ1) is 24.6. The summed E-state index contributed by atoms with van der Waals surface area (Å²) >= 11 is 0. The minimum Gasteiger partial charge on any atom is 0 e. The first-order valence-corrected chi connectivity index (χ1v) is 0. The van der Waals surface area contributed by atoms with E-state index in [1.807, 2.05) is 0 Å². The van der Waals surface area contributed by atoms with Crippen LogP contribution >= 0.6 is 0 Å². The van der Waals surface area contributed by atoms with Crippen molar-refractivity contribution in [2.45, 2.75) is 0 Å². The number of rotatable bonds is 0. The second-order valence-electron chi connectivity index (χ2n) is 0. The third kappa shape index (κ3) is 9.34. The topological polar surface area (TPSA) is 0 Å². The maximum atomic E-state index is 0. The molecule has 0 N–H and O–H groups in total. The predicted molar refractivity (Wildman–Crippen MR) is 11.5 cm³/mol. The van der Waals surface area contributed by atoms with Gasteiger partial charge in [0.1, 0.15) is 0 Å². The zero-order valence-electron chi connectivity index (χ0n) is 2.32. The van der Waals surface area contributed by atoms with Crippen LogP contribution in [0.3, 0.4) is 0 Å². The Kier molecular flexibility index (Phi) is 97.1. The first-order chi connectivity index (χ1) is 0. The van der Waals surface area contributed by atoms with Gasteiger partial charge in [-0.3, -0.25) is 0 Å². The zero-order chi connectivity index (χ0) is 0. The molecule has 0 aromatic heterocycles. The van der Waals surface area contributed by atoms with Crippen molar-refractivity contribution in [2.75, 3.05) is 0 Å². The van der Waals surface area contributed by atoms with Crippen LogP contribution < -0.4 is 0 Å². The molecular weight excluding hydrogens is 310 g/mol. The van der Waals surface area contributed by atoms with Crippen molar-refractivity contribution in [1.82, 2.24) is 0 Å². The molecule has 0 bridgehead atoms. The van der Waals surface area contributed by atoms with Crippen molar-refractivity contribution in [1.29, 1.82) is 0 Å². The second-order valence-corrected chi connectivity index (χ2v) is 0. The van der Waals surface area contributed by atoms with Gasteiger partial charge in [-0.05, 0) is 0 Å². The van der Waals surface area contributed by atoms with Gasteiger partial charge in [-0.1, -0.05) is 0 Å². The Morgan fingerprint density at radius 2 is 1.00 bits per heavy atom. The smallest absolute Gasteiger partial charge is 0 e. The monoisotopic (exact) mass is 310 g/mol. The van der Waals surface area contributed by atoms with E-state index in [1.165, 1.54) is 0 Å². The van der Waals surface area contributed by atoms with Gasteiger partial charge in [-0.15, -0.1) is 0 Å². The van der Waals surface area contributed by atoms with E-state index in [-0.39, 0.29) is 121 Å². The molecule has 0 saturated heterocycles. The molecular formula is CoLaMgSr. The molecule has 0 aromatic rings. The second kappa shape index (κ2) is 15.8. The van der Waals surface area contributed by atoms with Gasteiger partial charge in [-0.2, -0.15) is 0 Å². The molecule has 0 nitrogen and oxygen atoms in total. The standard InChI is InChI=1S/Co.La.Mg.Sr. The molecule has 0 aliphatic carbocycles. The van der Waals surface area contributed by atoms with E-state index in [1.54, 1.807) is 0 Å². The Bertz CT molecular complexity index is 8.00. The van der Waals surface area contributed by atoms with Crippen LogP contribution in [0.25, 0.3) is 0 Å². The van der Waals surface area contributed by atoms with Crippen LogP contribution in [0.15, 0.2) is 0 Å². The summed E-state index contributed by atoms with van der Waals surface area (Å²) in [6.45, 7) is 0. The van der Waals surface area contributed by atoms with E-state index in [4.69, 9.17) is 0 Å². The molecule has 0 aromatic carbocycles. The fourth-order valence-electron chi connectivity index (χ4n) is 0. The molecule has 0 aliphatic heterocycles. The minimum atomic E-state index is 0. The van der Waals surface area contributed by atoms with Crippen LogP contribution in [0.2, 0.25) is 0 Å². The van der Waals surface area contributed by atoms with Crippen LogP contribution in [0, 0.1) is 35.6 Å².